The van der Waals surface area contributed by atoms with E-state index in [1.54, 1.807) is 23.9 Å². The minimum absolute atomic E-state index is 0.0749. The Balaban J connectivity index is 1.54. The summed E-state index contributed by atoms with van der Waals surface area (Å²) in [5, 5.41) is 2.73. The molecule has 1 aliphatic heterocycles. The number of benzene rings is 2. The van der Waals surface area contributed by atoms with E-state index in [9.17, 15) is 9.59 Å². The Morgan fingerprint density at radius 2 is 1.96 bits per heavy atom. The maximum Gasteiger partial charge on any atom is 0.291 e. The molecule has 0 bridgehead atoms. The Morgan fingerprint density at radius 1 is 1.15 bits per heavy atom. The van der Waals surface area contributed by atoms with Gasteiger partial charge in [0.1, 0.15) is 5.37 Å². The van der Waals surface area contributed by atoms with Crippen LogP contribution in [0.3, 0.4) is 0 Å². The van der Waals surface area contributed by atoms with Crippen LogP contribution in [-0.2, 0) is 4.79 Å². The van der Waals surface area contributed by atoms with Gasteiger partial charge in [-0.15, -0.1) is 11.8 Å². The van der Waals surface area contributed by atoms with Gasteiger partial charge >= 0.3 is 0 Å². The average molecular weight is 378 g/mol. The first kappa shape index (κ1) is 17.4. The summed E-state index contributed by atoms with van der Waals surface area (Å²) in [6.07, 6.45) is 1.46. The monoisotopic (exact) mass is 378 g/mol. The van der Waals surface area contributed by atoms with E-state index in [-0.39, 0.29) is 22.9 Å². The van der Waals surface area contributed by atoms with Gasteiger partial charge in [-0.1, -0.05) is 24.3 Å². The van der Waals surface area contributed by atoms with Crippen molar-refractivity contribution >= 4 is 35.0 Å². The maximum absolute atomic E-state index is 12.5. The summed E-state index contributed by atoms with van der Waals surface area (Å²) in [6, 6.07) is 18.8. The normalized spacial score (nSPS) is 16.6. The van der Waals surface area contributed by atoms with Crippen molar-refractivity contribution in [1.82, 2.24) is 0 Å². The Bertz CT molecular complexity index is 967. The van der Waals surface area contributed by atoms with E-state index >= 15 is 0 Å². The van der Waals surface area contributed by atoms with Crippen molar-refractivity contribution < 1.29 is 14.0 Å². The molecule has 136 valence electrons. The predicted molar refractivity (Wildman–Crippen MR) is 107 cm³/mol. The molecule has 2 heterocycles. The van der Waals surface area contributed by atoms with E-state index in [0.29, 0.717) is 11.4 Å². The number of nitrogens with one attached hydrogen (secondary N) is 1. The van der Waals surface area contributed by atoms with Gasteiger partial charge in [0, 0.05) is 11.4 Å². The second-order valence-corrected chi connectivity index (χ2v) is 7.39. The second kappa shape index (κ2) is 7.32. The quantitative estimate of drug-likeness (QED) is 0.720. The first-order chi connectivity index (χ1) is 13.1. The molecule has 0 aliphatic carbocycles. The summed E-state index contributed by atoms with van der Waals surface area (Å²) < 4.78 is 5.10. The average Bonchev–Trinajstić information content (AvgIpc) is 3.32. The van der Waals surface area contributed by atoms with Crippen molar-refractivity contribution in [2.75, 3.05) is 16.0 Å². The van der Waals surface area contributed by atoms with E-state index in [2.05, 4.69) is 5.32 Å². The lowest BCUT2D eigenvalue weighted by molar-refractivity contribution is -0.115. The van der Waals surface area contributed by atoms with Crippen LogP contribution in [0.25, 0.3) is 0 Å². The van der Waals surface area contributed by atoms with Crippen molar-refractivity contribution in [3.05, 3.63) is 83.8 Å². The number of hydrogen-bond donors (Lipinski definition) is 1. The minimum Gasteiger partial charge on any atom is -0.459 e. The van der Waals surface area contributed by atoms with Gasteiger partial charge in [0.25, 0.3) is 5.91 Å². The van der Waals surface area contributed by atoms with Gasteiger partial charge in [-0.3, -0.25) is 14.5 Å². The fourth-order valence-corrected chi connectivity index (χ4v) is 4.24. The first-order valence-corrected chi connectivity index (χ1v) is 9.62. The number of amides is 2. The van der Waals surface area contributed by atoms with Crippen LogP contribution in [0, 0.1) is 6.92 Å². The number of hydrogen-bond acceptors (Lipinski definition) is 4. The Hall–Kier alpha value is -2.99. The molecule has 1 aromatic heterocycles. The van der Waals surface area contributed by atoms with E-state index in [1.807, 2.05) is 60.4 Å². The highest BCUT2D eigenvalue weighted by molar-refractivity contribution is 8.00. The molecule has 1 atom stereocenters. The summed E-state index contributed by atoms with van der Waals surface area (Å²) in [7, 11) is 0. The highest BCUT2D eigenvalue weighted by Gasteiger charge is 2.34. The molecule has 3 aromatic rings. The fourth-order valence-electron chi connectivity index (χ4n) is 3.06. The number of aryl methyl sites for hydroxylation is 1. The third-order valence-corrected chi connectivity index (χ3v) is 5.56. The zero-order chi connectivity index (χ0) is 18.8. The number of nitrogens with zero attached hydrogens (tertiary/aromatic N) is 1. The molecule has 0 spiro atoms. The molecule has 0 saturated carbocycles. The summed E-state index contributed by atoms with van der Waals surface area (Å²) >= 11 is 1.60. The second-order valence-electron chi connectivity index (χ2n) is 6.32. The standard InChI is InChI=1S/C21H18N2O3S/c1-14-4-2-5-17(12-14)23-19(24)13-27-21(23)15-7-9-16(10-8-15)22-20(25)18-6-3-11-26-18/h2-12,21H,13H2,1H3,(H,22,25)/t21-/m0/s1. The summed E-state index contributed by atoms with van der Waals surface area (Å²) in [5.74, 6) is 0.530. The number of anilines is 2. The number of rotatable bonds is 4. The molecule has 0 radical (unpaired) electrons. The summed E-state index contributed by atoms with van der Waals surface area (Å²) in [4.78, 5) is 26.4. The maximum atomic E-state index is 12.5. The van der Waals surface area contributed by atoms with Gasteiger partial charge in [-0.2, -0.15) is 0 Å². The molecule has 1 saturated heterocycles. The van der Waals surface area contributed by atoms with Crippen molar-refractivity contribution in [2.45, 2.75) is 12.3 Å². The van der Waals surface area contributed by atoms with Crippen LogP contribution in [0.1, 0.15) is 27.1 Å². The lowest BCUT2D eigenvalue weighted by Crippen LogP contribution is -2.27. The van der Waals surface area contributed by atoms with Crippen LogP contribution >= 0.6 is 11.8 Å². The van der Waals surface area contributed by atoms with Crippen LogP contribution in [0.15, 0.2) is 71.3 Å². The highest BCUT2D eigenvalue weighted by atomic mass is 32.2. The zero-order valence-electron chi connectivity index (χ0n) is 14.7. The summed E-state index contributed by atoms with van der Waals surface area (Å²) in [6.45, 7) is 2.02. The highest BCUT2D eigenvalue weighted by Crippen LogP contribution is 2.42. The van der Waals surface area contributed by atoms with E-state index in [4.69, 9.17) is 4.42 Å². The largest absolute Gasteiger partial charge is 0.459 e. The van der Waals surface area contributed by atoms with E-state index in [1.165, 1.54) is 6.26 Å². The molecule has 2 aromatic carbocycles. The van der Waals surface area contributed by atoms with E-state index in [0.717, 1.165) is 16.8 Å². The van der Waals surface area contributed by atoms with Gasteiger partial charge < -0.3 is 9.73 Å². The molecule has 27 heavy (non-hydrogen) atoms. The van der Waals surface area contributed by atoms with Crippen molar-refractivity contribution in [3.8, 4) is 0 Å². The van der Waals surface area contributed by atoms with Gasteiger partial charge in [-0.25, -0.2) is 0 Å². The molecular weight excluding hydrogens is 360 g/mol. The topological polar surface area (TPSA) is 62.6 Å². The third kappa shape index (κ3) is 3.61. The molecule has 0 unspecified atom stereocenters. The molecule has 1 aliphatic rings. The van der Waals surface area contributed by atoms with Crippen molar-refractivity contribution in [1.29, 1.82) is 0 Å². The Labute approximate surface area is 161 Å². The molecular formula is C21H18N2O3S. The SMILES string of the molecule is Cc1cccc(N2C(=O)CS[C@H]2c2ccc(NC(=O)c3ccco3)cc2)c1. The minimum atomic E-state index is -0.292. The van der Waals surface area contributed by atoms with E-state index < -0.39 is 0 Å². The number of carbonyl (C=O) groups excluding carboxylic acids is 2. The first-order valence-electron chi connectivity index (χ1n) is 8.57. The molecule has 4 rings (SSSR count). The molecule has 1 fully saturated rings. The summed E-state index contributed by atoms with van der Waals surface area (Å²) in [5.41, 5.74) is 3.72. The zero-order valence-corrected chi connectivity index (χ0v) is 15.5. The predicted octanol–water partition coefficient (Wildman–Crippen LogP) is 4.62. The number of furan rings is 1. The van der Waals surface area contributed by atoms with Crippen molar-refractivity contribution in [3.63, 3.8) is 0 Å². The molecule has 2 amide bonds. The molecule has 5 nitrogen and oxygen atoms in total. The van der Waals surface area contributed by atoms with Gasteiger partial charge in [-0.05, 0) is 54.4 Å². The molecule has 1 N–H and O–H groups in total. The van der Waals surface area contributed by atoms with Gasteiger partial charge in [0.15, 0.2) is 5.76 Å². The third-order valence-electron chi connectivity index (χ3n) is 4.35. The Kier molecular flexibility index (Phi) is 4.73. The van der Waals surface area contributed by atoms with Crippen LogP contribution in [-0.4, -0.2) is 17.6 Å². The number of carbonyl (C=O) groups is 2. The van der Waals surface area contributed by atoms with Crippen LogP contribution < -0.4 is 10.2 Å². The van der Waals surface area contributed by atoms with Crippen LogP contribution in [0.5, 0.6) is 0 Å². The molecule has 6 heteroatoms. The fraction of sp³-hybridized carbons (Fsp3) is 0.143. The van der Waals surface area contributed by atoms with Crippen LogP contribution in [0.2, 0.25) is 0 Å². The van der Waals surface area contributed by atoms with Gasteiger partial charge in [0.2, 0.25) is 5.91 Å². The Morgan fingerprint density at radius 3 is 2.67 bits per heavy atom. The lowest BCUT2D eigenvalue weighted by atomic mass is 10.1. The van der Waals surface area contributed by atoms with Gasteiger partial charge in [0.05, 0.1) is 12.0 Å². The lowest BCUT2D eigenvalue weighted by Gasteiger charge is -2.25. The van der Waals surface area contributed by atoms with Crippen molar-refractivity contribution in [2.24, 2.45) is 0 Å². The van der Waals surface area contributed by atoms with Crippen LogP contribution in [0.4, 0.5) is 11.4 Å². The number of thioether (sulfide) groups is 1. The smallest absolute Gasteiger partial charge is 0.291 e.